The molecule has 0 radical (unpaired) electrons. The molecule has 2 rings (SSSR count). The van der Waals surface area contributed by atoms with Gasteiger partial charge in [0.1, 0.15) is 0 Å². The van der Waals surface area contributed by atoms with Gasteiger partial charge in [-0.25, -0.2) is 4.99 Å². The third-order valence-electron chi connectivity index (χ3n) is 2.33. The molecule has 0 aliphatic carbocycles. The molecule has 2 heterocycles. The Morgan fingerprint density at radius 2 is 2.47 bits per heavy atom. The highest BCUT2D eigenvalue weighted by molar-refractivity contribution is 7.10. The molecule has 0 bridgehead atoms. The van der Waals surface area contributed by atoms with E-state index in [9.17, 15) is 0 Å². The summed E-state index contributed by atoms with van der Waals surface area (Å²) >= 11 is 1.58. The number of ether oxygens (including phenoxy) is 1. The van der Waals surface area contributed by atoms with Crippen molar-refractivity contribution in [2.24, 2.45) is 16.5 Å². The van der Waals surface area contributed by atoms with Gasteiger partial charge in [0.05, 0.1) is 17.2 Å². The van der Waals surface area contributed by atoms with E-state index in [0.717, 1.165) is 10.6 Å². The second-order valence-corrected chi connectivity index (χ2v) is 4.37. The Hall–Kier alpha value is -1.11. The number of nitrogens with zero attached hydrogens (tertiary/aromatic N) is 1. The Morgan fingerprint density at radius 1 is 1.67 bits per heavy atom. The third kappa shape index (κ3) is 1.83. The van der Waals surface area contributed by atoms with Gasteiger partial charge < -0.3 is 21.5 Å². The van der Waals surface area contributed by atoms with Crippen molar-refractivity contribution in [2.45, 2.75) is 12.1 Å². The van der Waals surface area contributed by atoms with Crippen molar-refractivity contribution in [3.8, 4) is 0 Å². The van der Waals surface area contributed by atoms with Gasteiger partial charge in [-0.3, -0.25) is 0 Å². The maximum absolute atomic E-state index is 6.21. The van der Waals surface area contributed by atoms with Gasteiger partial charge >= 0.3 is 0 Å². The van der Waals surface area contributed by atoms with Crippen LogP contribution in [0.2, 0.25) is 0 Å². The minimum Gasteiger partial charge on any atom is -0.385 e. The lowest BCUT2D eigenvalue weighted by molar-refractivity contribution is 0.170. The minimum atomic E-state index is -0.741. The lowest BCUT2D eigenvalue weighted by Crippen LogP contribution is -2.43. The van der Waals surface area contributed by atoms with E-state index in [1.807, 2.05) is 11.4 Å². The summed E-state index contributed by atoms with van der Waals surface area (Å²) in [5, 5.41) is 4.96. The fraction of sp³-hybridized carbons (Fsp3) is 0.444. The van der Waals surface area contributed by atoms with Crippen molar-refractivity contribution < 1.29 is 4.74 Å². The second-order valence-electron chi connectivity index (χ2n) is 3.45. The number of anilines is 1. The lowest BCUT2D eigenvalue weighted by Gasteiger charge is -2.29. The molecule has 0 spiro atoms. The van der Waals surface area contributed by atoms with Crippen molar-refractivity contribution in [3.05, 3.63) is 16.3 Å². The standard InChI is InChI=1S/C9H14N4OS/c1-14-4-3-9(11)7-6(2-5-15-7)12-8(10)13-9/h2,5H,3-4,11H2,1H3,(H3,10,12,13). The molecular formula is C9H14N4OS. The molecule has 0 fully saturated rings. The number of rotatable bonds is 3. The quantitative estimate of drug-likeness (QED) is 0.706. The molecular weight excluding hydrogens is 212 g/mol. The normalized spacial score (nSPS) is 24.3. The summed E-state index contributed by atoms with van der Waals surface area (Å²) in [4.78, 5) is 5.26. The molecule has 5 N–H and O–H groups in total. The summed E-state index contributed by atoms with van der Waals surface area (Å²) in [5.74, 6) is 0.361. The van der Waals surface area contributed by atoms with Crippen molar-refractivity contribution in [1.82, 2.24) is 0 Å². The van der Waals surface area contributed by atoms with E-state index in [1.54, 1.807) is 18.4 Å². The van der Waals surface area contributed by atoms with E-state index >= 15 is 0 Å². The molecule has 15 heavy (non-hydrogen) atoms. The molecule has 0 amide bonds. The predicted molar refractivity (Wildman–Crippen MR) is 61.9 cm³/mol. The van der Waals surface area contributed by atoms with E-state index in [0.29, 0.717) is 19.0 Å². The number of guanidine groups is 1. The first-order valence-electron chi connectivity index (χ1n) is 4.64. The molecule has 1 unspecified atom stereocenters. The molecule has 1 aliphatic heterocycles. The van der Waals surface area contributed by atoms with Crippen LogP contribution in [0.25, 0.3) is 0 Å². The fourth-order valence-corrected chi connectivity index (χ4v) is 2.54. The van der Waals surface area contributed by atoms with Gasteiger partial charge in [0, 0.05) is 13.5 Å². The number of nitrogens with one attached hydrogen (secondary N) is 1. The van der Waals surface area contributed by atoms with Crippen molar-refractivity contribution in [2.75, 3.05) is 19.0 Å². The van der Waals surface area contributed by atoms with E-state index < -0.39 is 5.66 Å². The summed E-state index contributed by atoms with van der Waals surface area (Å²) in [5.41, 5.74) is 12.1. The van der Waals surface area contributed by atoms with Crippen molar-refractivity contribution >= 4 is 23.0 Å². The van der Waals surface area contributed by atoms with Crippen LogP contribution in [-0.2, 0) is 10.4 Å². The minimum absolute atomic E-state index is 0.361. The van der Waals surface area contributed by atoms with Gasteiger partial charge in [0.15, 0.2) is 11.6 Å². The first-order chi connectivity index (χ1) is 7.15. The third-order valence-corrected chi connectivity index (χ3v) is 3.41. The average Bonchev–Trinajstić information content (AvgIpc) is 2.63. The summed E-state index contributed by atoms with van der Waals surface area (Å²) in [6.45, 7) is 0.560. The van der Waals surface area contributed by atoms with Gasteiger partial charge in [-0.05, 0) is 11.4 Å². The highest BCUT2D eigenvalue weighted by atomic mass is 32.1. The molecule has 6 heteroatoms. The number of aliphatic imine (C=N–C) groups is 1. The van der Waals surface area contributed by atoms with E-state index in [1.165, 1.54) is 0 Å². The molecule has 0 saturated carbocycles. The predicted octanol–water partition coefficient (Wildman–Crippen LogP) is 0.636. The zero-order valence-electron chi connectivity index (χ0n) is 8.49. The highest BCUT2D eigenvalue weighted by Gasteiger charge is 2.34. The van der Waals surface area contributed by atoms with Crippen LogP contribution >= 0.6 is 11.3 Å². The SMILES string of the molecule is COCCC1(N)N=C(N)Nc2ccsc21. The number of hydrogen-bond donors (Lipinski definition) is 3. The topological polar surface area (TPSA) is 85.7 Å². The number of methoxy groups -OCH3 is 1. The number of nitrogens with two attached hydrogens (primary N) is 2. The second kappa shape index (κ2) is 3.80. The molecule has 1 atom stereocenters. The van der Waals surface area contributed by atoms with E-state index in [2.05, 4.69) is 10.3 Å². The van der Waals surface area contributed by atoms with Gasteiger partial charge in [0.25, 0.3) is 0 Å². The molecule has 1 aliphatic rings. The van der Waals surface area contributed by atoms with Gasteiger partial charge in [-0.1, -0.05) is 0 Å². The zero-order chi connectivity index (χ0) is 10.9. The van der Waals surface area contributed by atoms with Crippen LogP contribution < -0.4 is 16.8 Å². The fourth-order valence-electron chi connectivity index (χ4n) is 1.60. The summed E-state index contributed by atoms with van der Waals surface area (Å²) in [6.07, 6.45) is 0.624. The lowest BCUT2D eigenvalue weighted by atomic mass is 10.0. The molecule has 0 aromatic carbocycles. The average molecular weight is 226 g/mol. The van der Waals surface area contributed by atoms with Crippen LogP contribution in [0.4, 0.5) is 5.69 Å². The first kappa shape index (κ1) is 10.4. The van der Waals surface area contributed by atoms with E-state index in [-0.39, 0.29) is 0 Å². The molecule has 1 aromatic rings. The molecule has 1 aromatic heterocycles. The largest absolute Gasteiger partial charge is 0.385 e. The summed E-state index contributed by atoms with van der Waals surface area (Å²) in [7, 11) is 1.65. The Morgan fingerprint density at radius 3 is 3.20 bits per heavy atom. The Bertz CT molecular complexity index is 389. The van der Waals surface area contributed by atoms with Crippen LogP contribution in [0.15, 0.2) is 16.4 Å². The Labute approximate surface area is 92.1 Å². The van der Waals surface area contributed by atoms with Crippen LogP contribution in [0.1, 0.15) is 11.3 Å². The van der Waals surface area contributed by atoms with E-state index in [4.69, 9.17) is 16.2 Å². The molecule has 5 nitrogen and oxygen atoms in total. The van der Waals surface area contributed by atoms with Crippen molar-refractivity contribution in [3.63, 3.8) is 0 Å². The van der Waals surface area contributed by atoms with Gasteiger partial charge in [0.2, 0.25) is 0 Å². The zero-order valence-corrected chi connectivity index (χ0v) is 9.30. The number of thiophene rings is 1. The van der Waals surface area contributed by atoms with Gasteiger partial charge in [-0.15, -0.1) is 11.3 Å². The van der Waals surface area contributed by atoms with Crippen molar-refractivity contribution in [1.29, 1.82) is 0 Å². The van der Waals surface area contributed by atoms with Crippen LogP contribution in [0, 0.1) is 0 Å². The maximum Gasteiger partial charge on any atom is 0.195 e. The monoisotopic (exact) mass is 226 g/mol. The number of fused-ring (bicyclic) bond motifs is 1. The smallest absolute Gasteiger partial charge is 0.195 e. The highest BCUT2D eigenvalue weighted by Crippen LogP contribution is 2.37. The Kier molecular flexibility index (Phi) is 2.64. The van der Waals surface area contributed by atoms with Crippen LogP contribution in [-0.4, -0.2) is 19.7 Å². The van der Waals surface area contributed by atoms with Crippen LogP contribution in [0.3, 0.4) is 0 Å². The summed E-state index contributed by atoms with van der Waals surface area (Å²) in [6, 6.07) is 1.95. The molecule has 82 valence electrons. The Balaban J connectivity index is 2.32. The number of hydrogen-bond acceptors (Lipinski definition) is 6. The first-order valence-corrected chi connectivity index (χ1v) is 5.52. The molecule has 0 saturated heterocycles. The van der Waals surface area contributed by atoms with Gasteiger partial charge in [-0.2, -0.15) is 0 Å². The van der Waals surface area contributed by atoms with Crippen LogP contribution in [0.5, 0.6) is 0 Å². The maximum atomic E-state index is 6.21. The summed E-state index contributed by atoms with van der Waals surface area (Å²) < 4.78 is 5.03.